The molecule has 0 radical (unpaired) electrons. The van der Waals surface area contributed by atoms with E-state index in [9.17, 15) is 13.2 Å². The van der Waals surface area contributed by atoms with Crippen molar-refractivity contribution in [2.75, 3.05) is 37.4 Å². The van der Waals surface area contributed by atoms with Crippen LogP contribution in [0.3, 0.4) is 0 Å². The van der Waals surface area contributed by atoms with Crippen molar-refractivity contribution in [3.8, 4) is 16.9 Å². The summed E-state index contributed by atoms with van der Waals surface area (Å²) >= 11 is 0. The third-order valence-electron chi connectivity index (χ3n) is 5.05. The minimum absolute atomic E-state index is 0.168. The fourth-order valence-corrected chi connectivity index (χ4v) is 4.45. The van der Waals surface area contributed by atoms with E-state index in [4.69, 9.17) is 14.2 Å². The maximum atomic E-state index is 12.3. The number of methoxy groups -OCH3 is 1. The number of ether oxygens (including phenoxy) is 3. The summed E-state index contributed by atoms with van der Waals surface area (Å²) in [5.74, 6) is 0.284. The number of rotatable bonds is 8. The number of fused-ring (bicyclic) bond motifs is 1. The van der Waals surface area contributed by atoms with Crippen LogP contribution in [0.4, 0.5) is 5.69 Å². The Hall–Kier alpha value is -2.84. The molecule has 172 valence electrons. The largest absolute Gasteiger partial charge is 0.491 e. The zero-order valence-corrected chi connectivity index (χ0v) is 19.6. The van der Waals surface area contributed by atoms with Gasteiger partial charge >= 0.3 is 5.97 Å². The fourth-order valence-electron chi connectivity index (χ4n) is 3.50. The number of sulfonamides is 1. The number of carbonyl (C=O) groups excluding carboxylic acids is 1. The van der Waals surface area contributed by atoms with Gasteiger partial charge in [0, 0.05) is 12.1 Å². The van der Waals surface area contributed by atoms with Gasteiger partial charge in [0.05, 0.1) is 31.8 Å². The lowest BCUT2D eigenvalue weighted by Gasteiger charge is -2.22. The first-order chi connectivity index (χ1) is 15.2. The summed E-state index contributed by atoms with van der Waals surface area (Å²) in [4.78, 5) is 12.1. The lowest BCUT2D eigenvalue weighted by atomic mass is 10.0. The van der Waals surface area contributed by atoms with E-state index in [0.29, 0.717) is 30.0 Å². The Morgan fingerprint density at radius 1 is 1.06 bits per heavy atom. The summed E-state index contributed by atoms with van der Waals surface area (Å²) in [6.07, 6.45) is 3.32. The van der Waals surface area contributed by atoms with Crippen molar-refractivity contribution in [1.82, 2.24) is 0 Å². The molecule has 0 fully saturated rings. The molecule has 0 bridgehead atoms. The Bertz CT molecular complexity index is 1090. The highest BCUT2D eigenvalue weighted by molar-refractivity contribution is 7.92. The van der Waals surface area contributed by atoms with Crippen LogP contribution in [0, 0.1) is 0 Å². The zero-order valence-electron chi connectivity index (χ0n) is 18.8. The van der Waals surface area contributed by atoms with Gasteiger partial charge in [-0.3, -0.25) is 4.31 Å². The van der Waals surface area contributed by atoms with Gasteiger partial charge in [-0.25, -0.2) is 13.2 Å². The summed E-state index contributed by atoms with van der Waals surface area (Å²) in [6.45, 7) is 5.13. The predicted octanol–water partition coefficient (Wildman–Crippen LogP) is 3.88. The van der Waals surface area contributed by atoms with Crippen LogP contribution < -0.4 is 9.04 Å². The van der Waals surface area contributed by atoms with E-state index in [1.165, 1.54) is 17.7 Å². The van der Waals surface area contributed by atoms with Crippen LogP contribution in [0.2, 0.25) is 0 Å². The molecule has 1 heterocycles. The van der Waals surface area contributed by atoms with Crippen molar-refractivity contribution in [2.45, 2.75) is 26.4 Å². The summed E-state index contributed by atoms with van der Waals surface area (Å²) in [6, 6.07) is 13.2. The van der Waals surface area contributed by atoms with E-state index in [1.807, 2.05) is 50.2 Å². The molecule has 0 amide bonds. The SMILES string of the molecule is COC(=O)C1=Cc2cc(-c3ccc(OCCOC(C)C)cc3)ccc2N(S(C)(=O)=O)CC1. The van der Waals surface area contributed by atoms with Gasteiger partial charge < -0.3 is 14.2 Å². The predicted molar refractivity (Wildman–Crippen MR) is 125 cm³/mol. The van der Waals surface area contributed by atoms with Gasteiger partial charge in [-0.05, 0) is 67.3 Å². The number of nitrogens with zero attached hydrogens (tertiary/aromatic N) is 1. The first kappa shape index (κ1) is 23.8. The van der Waals surface area contributed by atoms with Gasteiger partial charge in [0.15, 0.2) is 0 Å². The Balaban J connectivity index is 1.88. The van der Waals surface area contributed by atoms with Gasteiger partial charge in [-0.15, -0.1) is 0 Å². The van der Waals surface area contributed by atoms with Crippen molar-refractivity contribution in [2.24, 2.45) is 0 Å². The molecule has 3 rings (SSSR count). The van der Waals surface area contributed by atoms with E-state index < -0.39 is 16.0 Å². The number of esters is 1. The number of carbonyl (C=O) groups is 1. The second-order valence-electron chi connectivity index (χ2n) is 7.81. The monoisotopic (exact) mass is 459 g/mol. The zero-order chi connectivity index (χ0) is 23.3. The van der Waals surface area contributed by atoms with Crippen LogP contribution in [0.25, 0.3) is 17.2 Å². The van der Waals surface area contributed by atoms with E-state index in [-0.39, 0.29) is 19.1 Å². The fraction of sp³-hybridized carbons (Fsp3) is 0.375. The lowest BCUT2D eigenvalue weighted by molar-refractivity contribution is -0.136. The highest BCUT2D eigenvalue weighted by Gasteiger charge is 2.25. The smallest absolute Gasteiger partial charge is 0.333 e. The first-order valence-corrected chi connectivity index (χ1v) is 12.3. The Kier molecular flexibility index (Phi) is 7.58. The summed E-state index contributed by atoms with van der Waals surface area (Å²) in [7, 11) is -2.18. The second kappa shape index (κ2) is 10.2. The van der Waals surface area contributed by atoms with Gasteiger partial charge in [-0.2, -0.15) is 0 Å². The highest BCUT2D eigenvalue weighted by Crippen LogP contribution is 2.34. The third-order valence-corrected chi connectivity index (χ3v) is 6.23. The highest BCUT2D eigenvalue weighted by atomic mass is 32.2. The molecular weight excluding hydrogens is 430 g/mol. The normalized spacial score (nSPS) is 13.9. The van der Waals surface area contributed by atoms with E-state index in [2.05, 4.69) is 0 Å². The quantitative estimate of drug-likeness (QED) is 0.440. The molecule has 0 aliphatic carbocycles. The molecule has 7 nitrogen and oxygen atoms in total. The summed E-state index contributed by atoms with van der Waals surface area (Å²) < 4.78 is 42.1. The standard InChI is InChI=1S/C24H29NO6S/c1-17(2)30-13-14-31-22-8-5-18(6-9-22)19-7-10-23-21(15-19)16-20(24(26)29-3)11-12-25(23)32(4,27)28/h5-10,15-17H,11-14H2,1-4H3. The minimum atomic E-state index is -3.50. The van der Waals surface area contributed by atoms with Crippen LogP contribution in [0.1, 0.15) is 25.8 Å². The molecule has 8 heteroatoms. The Morgan fingerprint density at radius 3 is 2.38 bits per heavy atom. The van der Waals surface area contributed by atoms with Gasteiger partial charge in [-0.1, -0.05) is 18.2 Å². The Labute approximate surface area is 189 Å². The van der Waals surface area contributed by atoms with Crippen molar-refractivity contribution >= 4 is 27.8 Å². The van der Waals surface area contributed by atoms with Crippen LogP contribution >= 0.6 is 0 Å². The molecule has 0 N–H and O–H groups in total. The van der Waals surface area contributed by atoms with Crippen molar-refractivity contribution in [3.63, 3.8) is 0 Å². The number of benzene rings is 2. The van der Waals surface area contributed by atoms with Crippen LogP contribution in [-0.4, -0.2) is 53.6 Å². The molecule has 0 unspecified atom stereocenters. The van der Waals surface area contributed by atoms with Crippen molar-refractivity contribution in [3.05, 3.63) is 53.6 Å². The van der Waals surface area contributed by atoms with Crippen LogP contribution in [-0.2, 0) is 24.3 Å². The third kappa shape index (κ3) is 5.89. The van der Waals surface area contributed by atoms with Crippen molar-refractivity contribution in [1.29, 1.82) is 0 Å². The summed E-state index contributed by atoms with van der Waals surface area (Å²) in [5.41, 5.74) is 3.47. The lowest BCUT2D eigenvalue weighted by Crippen LogP contribution is -2.31. The molecule has 32 heavy (non-hydrogen) atoms. The number of hydrogen-bond acceptors (Lipinski definition) is 6. The summed E-state index contributed by atoms with van der Waals surface area (Å²) in [5, 5.41) is 0. The molecule has 2 aromatic carbocycles. The van der Waals surface area contributed by atoms with Gasteiger partial charge in [0.25, 0.3) is 0 Å². The van der Waals surface area contributed by atoms with Crippen LogP contribution in [0.15, 0.2) is 48.0 Å². The second-order valence-corrected chi connectivity index (χ2v) is 9.72. The van der Waals surface area contributed by atoms with Crippen molar-refractivity contribution < 1.29 is 27.4 Å². The topological polar surface area (TPSA) is 82.1 Å². The Morgan fingerprint density at radius 2 is 1.75 bits per heavy atom. The molecule has 0 saturated carbocycles. The maximum Gasteiger partial charge on any atom is 0.333 e. The molecule has 0 spiro atoms. The maximum absolute atomic E-state index is 12.3. The van der Waals surface area contributed by atoms with Gasteiger partial charge in [0.2, 0.25) is 10.0 Å². The van der Waals surface area contributed by atoms with Gasteiger partial charge in [0.1, 0.15) is 12.4 Å². The van der Waals surface area contributed by atoms with Crippen LogP contribution in [0.5, 0.6) is 5.75 Å². The first-order valence-electron chi connectivity index (χ1n) is 10.4. The number of hydrogen-bond donors (Lipinski definition) is 0. The minimum Gasteiger partial charge on any atom is -0.491 e. The average Bonchev–Trinajstić information content (AvgIpc) is 2.95. The van der Waals surface area contributed by atoms with E-state index >= 15 is 0 Å². The van der Waals surface area contributed by atoms with E-state index in [0.717, 1.165) is 16.9 Å². The molecule has 2 aromatic rings. The molecule has 0 saturated heterocycles. The molecule has 0 atom stereocenters. The molecule has 1 aliphatic heterocycles. The van der Waals surface area contributed by atoms with E-state index in [1.54, 1.807) is 12.1 Å². The molecular formula is C24H29NO6S. The molecule has 0 aromatic heterocycles. The average molecular weight is 460 g/mol. The molecule has 1 aliphatic rings. The number of anilines is 1.